The Hall–Kier alpha value is -1.78. The molecule has 0 unspecified atom stereocenters. The molecule has 2 aromatic rings. The molecular weight excluding hydrogens is 252 g/mol. The Morgan fingerprint density at radius 2 is 1.05 bits per heavy atom. The first-order valence-corrected chi connectivity index (χ1v) is 6.88. The van der Waals surface area contributed by atoms with Crippen LogP contribution in [0.25, 0.3) is 0 Å². The van der Waals surface area contributed by atoms with Crippen LogP contribution in [0.2, 0.25) is 0 Å². The van der Waals surface area contributed by atoms with Crippen LogP contribution in [0.15, 0.2) is 49.1 Å². The summed E-state index contributed by atoms with van der Waals surface area (Å²) in [5, 5.41) is 0. The monoisotopic (exact) mass is 272 g/mol. The number of hydrogen-bond donors (Lipinski definition) is 0. The summed E-state index contributed by atoms with van der Waals surface area (Å²) in [4.78, 5) is 7.95. The van der Waals surface area contributed by atoms with Gasteiger partial charge in [-0.1, -0.05) is 0 Å². The van der Waals surface area contributed by atoms with Gasteiger partial charge in [0.1, 0.15) is 0 Å². The number of nitrogens with zero attached hydrogens (tertiary/aromatic N) is 2. The van der Waals surface area contributed by atoms with Crippen molar-refractivity contribution in [1.82, 2.24) is 9.97 Å². The van der Waals surface area contributed by atoms with E-state index in [1.165, 1.54) is 0 Å². The summed E-state index contributed by atoms with van der Waals surface area (Å²) < 4.78 is 11.2. The molecule has 0 aliphatic heterocycles. The van der Waals surface area contributed by atoms with Gasteiger partial charge < -0.3 is 9.47 Å². The Kier molecular flexibility index (Phi) is 6.71. The van der Waals surface area contributed by atoms with Crippen LogP contribution in [0.3, 0.4) is 0 Å². The Morgan fingerprint density at radius 3 is 1.45 bits per heavy atom. The number of ether oxygens (including phenoxy) is 2. The van der Waals surface area contributed by atoms with Gasteiger partial charge in [0.05, 0.1) is 13.2 Å². The van der Waals surface area contributed by atoms with Crippen molar-refractivity contribution in [2.24, 2.45) is 0 Å². The first kappa shape index (κ1) is 14.6. The zero-order valence-corrected chi connectivity index (χ0v) is 11.6. The van der Waals surface area contributed by atoms with Crippen molar-refractivity contribution in [3.05, 3.63) is 60.2 Å². The molecule has 0 radical (unpaired) electrons. The number of pyridine rings is 2. The van der Waals surface area contributed by atoms with Gasteiger partial charge in [-0.2, -0.15) is 0 Å². The van der Waals surface area contributed by atoms with E-state index < -0.39 is 0 Å². The largest absolute Gasteiger partial charge is 0.377 e. The van der Waals surface area contributed by atoms with Crippen LogP contribution in [0.4, 0.5) is 0 Å². The normalized spacial score (nSPS) is 10.6. The van der Waals surface area contributed by atoms with E-state index in [0.29, 0.717) is 13.2 Å². The molecule has 4 heteroatoms. The second-order valence-electron chi connectivity index (χ2n) is 4.52. The van der Waals surface area contributed by atoms with Crippen molar-refractivity contribution >= 4 is 0 Å². The molecule has 2 heterocycles. The Morgan fingerprint density at radius 1 is 0.650 bits per heavy atom. The van der Waals surface area contributed by atoms with Crippen molar-refractivity contribution in [2.75, 3.05) is 13.2 Å². The van der Waals surface area contributed by atoms with Crippen LogP contribution in [-0.2, 0) is 22.7 Å². The van der Waals surface area contributed by atoms with E-state index >= 15 is 0 Å². The van der Waals surface area contributed by atoms with Crippen LogP contribution in [0, 0.1) is 0 Å². The van der Waals surface area contributed by atoms with E-state index in [1.807, 2.05) is 24.3 Å². The van der Waals surface area contributed by atoms with E-state index in [-0.39, 0.29) is 0 Å². The maximum Gasteiger partial charge on any atom is 0.0717 e. The third-order valence-corrected chi connectivity index (χ3v) is 2.86. The zero-order valence-electron chi connectivity index (χ0n) is 11.6. The maximum absolute atomic E-state index is 5.59. The van der Waals surface area contributed by atoms with Crippen molar-refractivity contribution < 1.29 is 9.47 Å². The lowest BCUT2D eigenvalue weighted by molar-refractivity contribution is 0.0898. The quantitative estimate of drug-likeness (QED) is 0.658. The molecule has 0 aromatic carbocycles. The fraction of sp³-hybridized carbons (Fsp3) is 0.375. The molecule has 0 fully saturated rings. The highest BCUT2D eigenvalue weighted by Gasteiger charge is 1.95. The molecule has 0 saturated heterocycles. The Balaban J connectivity index is 1.44. The molecule has 106 valence electrons. The molecule has 2 aromatic heterocycles. The van der Waals surface area contributed by atoms with Gasteiger partial charge >= 0.3 is 0 Å². The summed E-state index contributed by atoms with van der Waals surface area (Å²) >= 11 is 0. The predicted molar refractivity (Wildman–Crippen MR) is 77.0 cm³/mol. The minimum absolute atomic E-state index is 0.653. The second kappa shape index (κ2) is 9.18. The first-order valence-electron chi connectivity index (χ1n) is 6.88. The molecule has 20 heavy (non-hydrogen) atoms. The third kappa shape index (κ3) is 5.91. The number of hydrogen-bond acceptors (Lipinski definition) is 4. The molecule has 0 N–H and O–H groups in total. The van der Waals surface area contributed by atoms with Crippen molar-refractivity contribution in [1.29, 1.82) is 0 Å². The lowest BCUT2D eigenvalue weighted by Gasteiger charge is -2.05. The van der Waals surface area contributed by atoms with Gasteiger partial charge in [0.2, 0.25) is 0 Å². The summed E-state index contributed by atoms with van der Waals surface area (Å²) in [6.07, 6.45) is 9.16. The minimum Gasteiger partial charge on any atom is -0.377 e. The SMILES string of the molecule is c1cc(COCCCCOCc2ccncc2)ccn1. The fourth-order valence-electron chi connectivity index (χ4n) is 1.75. The van der Waals surface area contributed by atoms with E-state index in [2.05, 4.69) is 9.97 Å². The number of rotatable bonds is 9. The third-order valence-electron chi connectivity index (χ3n) is 2.86. The fourth-order valence-corrected chi connectivity index (χ4v) is 1.75. The minimum atomic E-state index is 0.653. The Labute approximate surface area is 119 Å². The molecule has 0 atom stereocenters. The number of aromatic nitrogens is 2. The van der Waals surface area contributed by atoms with Crippen LogP contribution < -0.4 is 0 Å². The van der Waals surface area contributed by atoms with Crippen molar-refractivity contribution in [3.8, 4) is 0 Å². The van der Waals surface area contributed by atoms with Crippen LogP contribution >= 0.6 is 0 Å². The standard InChI is InChI=1S/C16H20N2O2/c1(11-19-13-15-3-7-17-8-4-15)2-12-20-14-16-5-9-18-10-6-16/h3-10H,1-2,11-14H2. The molecule has 0 bridgehead atoms. The summed E-state index contributed by atoms with van der Waals surface area (Å²) in [7, 11) is 0. The van der Waals surface area contributed by atoms with Crippen molar-refractivity contribution in [2.45, 2.75) is 26.1 Å². The highest BCUT2D eigenvalue weighted by atomic mass is 16.5. The lowest BCUT2D eigenvalue weighted by Crippen LogP contribution is -2.00. The van der Waals surface area contributed by atoms with Crippen molar-refractivity contribution in [3.63, 3.8) is 0 Å². The van der Waals surface area contributed by atoms with Gasteiger partial charge in [0.15, 0.2) is 0 Å². The molecule has 0 spiro atoms. The summed E-state index contributed by atoms with van der Waals surface area (Å²) in [5.41, 5.74) is 2.32. The molecule has 0 aliphatic carbocycles. The lowest BCUT2D eigenvalue weighted by atomic mass is 10.3. The summed E-state index contributed by atoms with van der Waals surface area (Å²) in [6.45, 7) is 2.84. The summed E-state index contributed by atoms with van der Waals surface area (Å²) in [5.74, 6) is 0. The van der Waals surface area contributed by atoms with E-state index in [4.69, 9.17) is 9.47 Å². The maximum atomic E-state index is 5.59. The van der Waals surface area contributed by atoms with Crippen LogP contribution in [0.5, 0.6) is 0 Å². The highest BCUT2D eigenvalue weighted by molar-refractivity contribution is 5.08. The number of unbranched alkanes of at least 4 members (excludes halogenated alkanes) is 1. The average molecular weight is 272 g/mol. The average Bonchev–Trinajstić information content (AvgIpc) is 2.52. The predicted octanol–water partition coefficient (Wildman–Crippen LogP) is 2.99. The van der Waals surface area contributed by atoms with Gasteiger partial charge in [-0.15, -0.1) is 0 Å². The molecule has 0 aliphatic rings. The Bertz CT molecular complexity index is 417. The van der Waals surface area contributed by atoms with Gasteiger partial charge in [-0.25, -0.2) is 0 Å². The molecule has 0 amide bonds. The molecular formula is C16H20N2O2. The highest BCUT2D eigenvalue weighted by Crippen LogP contribution is 2.02. The topological polar surface area (TPSA) is 44.2 Å². The van der Waals surface area contributed by atoms with Gasteiger partial charge in [-0.3, -0.25) is 9.97 Å². The van der Waals surface area contributed by atoms with E-state index in [0.717, 1.165) is 37.2 Å². The molecule has 0 saturated carbocycles. The van der Waals surface area contributed by atoms with Crippen LogP contribution in [0.1, 0.15) is 24.0 Å². The van der Waals surface area contributed by atoms with E-state index in [1.54, 1.807) is 24.8 Å². The van der Waals surface area contributed by atoms with Gasteiger partial charge in [-0.05, 0) is 48.2 Å². The van der Waals surface area contributed by atoms with E-state index in [9.17, 15) is 0 Å². The van der Waals surface area contributed by atoms with Gasteiger partial charge in [0, 0.05) is 38.0 Å². The van der Waals surface area contributed by atoms with Crippen LogP contribution in [-0.4, -0.2) is 23.2 Å². The van der Waals surface area contributed by atoms with Gasteiger partial charge in [0.25, 0.3) is 0 Å². The smallest absolute Gasteiger partial charge is 0.0717 e. The molecule has 4 nitrogen and oxygen atoms in total. The zero-order chi connectivity index (χ0) is 13.9. The first-order chi connectivity index (χ1) is 9.95. The molecule has 2 rings (SSSR count). The second-order valence-corrected chi connectivity index (χ2v) is 4.52. The summed E-state index contributed by atoms with van der Waals surface area (Å²) in [6, 6.07) is 7.88.